The Labute approximate surface area is 144 Å². The van der Waals surface area contributed by atoms with Crippen LogP contribution in [-0.2, 0) is 16.1 Å². The molecule has 2 rings (SSSR count). The normalized spacial score (nSPS) is 10.5. The molecular weight excluding hydrogens is 326 g/mol. The van der Waals surface area contributed by atoms with Crippen LogP contribution >= 0.6 is 0 Å². The molecule has 2 aromatic carbocycles. The minimum atomic E-state index is -0.454. The third kappa shape index (κ3) is 5.07. The SMILES string of the molecule is COC(=O)/C=C/c1ccc(OC)c(OCc2ccc([N+](=O)[O-])cc2)c1. The smallest absolute Gasteiger partial charge is 0.330 e. The van der Waals surface area contributed by atoms with E-state index < -0.39 is 10.9 Å². The molecule has 0 heterocycles. The number of methoxy groups -OCH3 is 2. The fraction of sp³-hybridized carbons (Fsp3) is 0.167. The molecule has 0 aliphatic rings. The monoisotopic (exact) mass is 343 g/mol. The number of esters is 1. The minimum absolute atomic E-state index is 0.0243. The Morgan fingerprint density at radius 3 is 2.44 bits per heavy atom. The quantitative estimate of drug-likeness (QED) is 0.331. The molecule has 0 unspecified atom stereocenters. The van der Waals surface area contributed by atoms with E-state index in [1.54, 1.807) is 36.4 Å². The summed E-state index contributed by atoms with van der Waals surface area (Å²) in [4.78, 5) is 21.4. The number of rotatable bonds is 7. The number of hydrogen-bond donors (Lipinski definition) is 0. The maximum Gasteiger partial charge on any atom is 0.330 e. The first-order valence-electron chi connectivity index (χ1n) is 7.33. The number of carbonyl (C=O) groups is 1. The molecule has 0 fully saturated rings. The third-order valence-corrected chi connectivity index (χ3v) is 3.34. The van der Waals surface area contributed by atoms with Gasteiger partial charge >= 0.3 is 5.97 Å². The van der Waals surface area contributed by atoms with Gasteiger partial charge in [0.1, 0.15) is 6.61 Å². The summed E-state index contributed by atoms with van der Waals surface area (Å²) in [5, 5.41) is 10.7. The molecule has 0 saturated heterocycles. The second kappa shape index (κ2) is 8.49. The second-order valence-electron chi connectivity index (χ2n) is 4.98. The van der Waals surface area contributed by atoms with Crippen molar-refractivity contribution in [1.82, 2.24) is 0 Å². The van der Waals surface area contributed by atoms with Gasteiger partial charge in [-0.05, 0) is 41.5 Å². The van der Waals surface area contributed by atoms with Crippen molar-refractivity contribution in [3.63, 3.8) is 0 Å². The molecule has 130 valence electrons. The third-order valence-electron chi connectivity index (χ3n) is 3.34. The average Bonchev–Trinajstić information content (AvgIpc) is 2.64. The predicted octanol–water partition coefficient (Wildman–Crippen LogP) is 3.37. The number of ether oxygens (including phenoxy) is 3. The van der Waals surface area contributed by atoms with Crippen LogP contribution in [0.15, 0.2) is 48.5 Å². The number of benzene rings is 2. The molecule has 0 aliphatic carbocycles. The lowest BCUT2D eigenvalue weighted by molar-refractivity contribution is -0.384. The summed E-state index contributed by atoms with van der Waals surface area (Å²) in [6.45, 7) is 0.221. The molecule has 0 atom stereocenters. The van der Waals surface area contributed by atoms with Crippen LogP contribution in [0.2, 0.25) is 0 Å². The van der Waals surface area contributed by atoms with E-state index in [9.17, 15) is 14.9 Å². The van der Waals surface area contributed by atoms with Crippen molar-refractivity contribution in [3.05, 3.63) is 69.8 Å². The summed E-state index contributed by atoms with van der Waals surface area (Å²) in [7, 11) is 2.83. The van der Waals surface area contributed by atoms with E-state index >= 15 is 0 Å². The van der Waals surface area contributed by atoms with Crippen LogP contribution in [0.5, 0.6) is 11.5 Å². The Kier molecular flexibility index (Phi) is 6.11. The molecule has 7 nitrogen and oxygen atoms in total. The summed E-state index contributed by atoms with van der Waals surface area (Å²) in [5.41, 5.74) is 1.55. The highest BCUT2D eigenvalue weighted by Gasteiger charge is 2.08. The van der Waals surface area contributed by atoms with Gasteiger partial charge in [-0.15, -0.1) is 0 Å². The van der Waals surface area contributed by atoms with Crippen molar-refractivity contribution in [2.24, 2.45) is 0 Å². The van der Waals surface area contributed by atoms with Crippen LogP contribution < -0.4 is 9.47 Å². The molecule has 0 aromatic heterocycles. The zero-order valence-corrected chi connectivity index (χ0v) is 13.8. The summed E-state index contributed by atoms with van der Waals surface area (Å²) in [6.07, 6.45) is 2.91. The van der Waals surface area contributed by atoms with Crippen LogP contribution in [0.1, 0.15) is 11.1 Å². The van der Waals surface area contributed by atoms with E-state index in [0.29, 0.717) is 11.5 Å². The zero-order valence-electron chi connectivity index (χ0n) is 13.8. The van der Waals surface area contributed by atoms with Gasteiger partial charge in [0.25, 0.3) is 5.69 Å². The first kappa shape index (κ1) is 18.0. The largest absolute Gasteiger partial charge is 0.493 e. The van der Waals surface area contributed by atoms with Crippen molar-refractivity contribution < 1.29 is 23.9 Å². The van der Waals surface area contributed by atoms with Crippen molar-refractivity contribution in [2.75, 3.05) is 14.2 Å². The van der Waals surface area contributed by atoms with E-state index in [1.807, 2.05) is 0 Å². The standard InChI is InChI=1S/C18H17NO6/c1-23-16-9-5-13(6-10-18(20)24-2)11-17(16)25-12-14-3-7-15(8-4-14)19(21)22/h3-11H,12H2,1-2H3/b10-6+. The van der Waals surface area contributed by atoms with Crippen LogP contribution in [-0.4, -0.2) is 25.1 Å². The molecule has 2 aromatic rings. The van der Waals surface area contributed by atoms with Gasteiger partial charge in [-0.25, -0.2) is 4.79 Å². The maximum atomic E-state index is 11.2. The van der Waals surface area contributed by atoms with Crippen molar-refractivity contribution in [3.8, 4) is 11.5 Å². The van der Waals surface area contributed by atoms with Crippen molar-refractivity contribution in [2.45, 2.75) is 6.61 Å². The van der Waals surface area contributed by atoms with Gasteiger partial charge in [-0.1, -0.05) is 6.07 Å². The second-order valence-corrected chi connectivity index (χ2v) is 4.98. The highest BCUT2D eigenvalue weighted by atomic mass is 16.6. The number of non-ortho nitro benzene ring substituents is 1. The number of nitro groups is 1. The summed E-state index contributed by atoms with van der Waals surface area (Å²) in [5.74, 6) is 0.578. The van der Waals surface area contributed by atoms with Gasteiger partial charge < -0.3 is 14.2 Å². The molecule has 0 N–H and O–H groups in total. The highest BCUT2D eigenvalue weighted by molar-refractivity contribution is 5.87. The maximum absolute atomic E-state index is 11.2. The number of hydrogen-bond acceptors (Lipinski definition) is 6. The van der Waals surface area contributed by atoms with Gasteiger partial charge in [0.2, 0.25) is 0 Å². The van der Waals surface area contributed by atoms with Gasteiger partial charge in [0.05, 0.1) is 19.1 Å². The summed E-state index contributed by atoms with van der Waals surface area (Å²) < 4.78 is 15.5. The van der Waals surface area contributed by atoms with Crippen LogP contribution in [0, 0.1) is 10.1 Å². The highest BCUT2D eigenvalue weighted by Crippen LogP contribution is 2.29. The molecule has 0 bridgehead atoms. The molecule has 0 saturated carbocycles. The Morgan fingerprint density at radius 1 is 1.12 bits per heavy atom. The lowest BCUT2D eigenvalue weighted by Gasteiger charge is -2.11. The lowest BCUT2D eigenvalue weighted by Crippen LogP contribution is -1.99. The van der Waals surface area contributed by atoms with E-state index in [2.05, 4.69) is 4.74 Å². The van der Waals surface area contributed by atoms with Crippen molar-refractivity contribution >= 4 is 17.7 Å². The van der Waals surface area contributed by atoms with E-state index in [-0.39, 0.29) is 12.3 Å². The van der Waals surface area contributed by atoms with Crippen LogP contribution in [0.3, 0.4) is 0 Å². The number of carbonyl (C=O) groups excluding carboxylic acids is 1. The first-order valence-corrected chi connectivity index (χ1v) is 7.33. The van der Waals surface area contributed by atoms with E-state index in [4.69, 9.17) is 9.47 Å². The fourth-order valence-corrected chi connectivity index (χ4v) is 2.02. The topological polar surface area (TPSA) is 87.9 Å². The van der Waals surface area contributed by atoms with Gasteiger partial charge in [-0.3, -0.25) is 10.1 Å². The van der Waals surface area contributed by atoms with Gasteiger partial charge in [0, 0.05) is 18.2 Å². The number of nitro benzene ring substituents is 1. The Balaban J connectivity index is 2.12. The molecule has 7 heteroatoms. The number of nitrogens with zero attached hydrogens (tertiary/aromatic N) is 1. The van der Waals surface area contributed by atoms with Gasteiger partial charge in [0.15, 0.2) is 11.5 Å². The fourth-order valence-electron chi connectivity index (χ4n) is 2.02. The summed E-state index contributed by atoms with van der Waals surface area (Å²) >= 11 is 0. The van der Waals surface area contributed by atoms with Gasteiger partial charge in [-0.2, -0.15) is 0 Å². The first-order chi connectivity index (χ1) is 12.0. The molecule has 0 radical (unpaired) electrons. The van der Waals surface area contributed by atoms with Crippen molar-refractivity contribution in [1.29, 1.82) is 0 Å². The molecule has 0 spiro atoms. The minimum Gasteiger partial charge on any atom is -0.493 e. The Bertz CT molecular complexity index is 783. The van der Waals surface area contributed by atoms with Crippen LogP contribution in [0.25, 0.3) is 6.08 Å². The molecular formula is C18H17NO6. The Hall–Kier alpha value is -3.35. The van der Waals surface area contributed by atoms with E-state index in [1.165, 1.54) is 32.4 Å². The zero-order chi connectivity index (χ0) is 18.2. The Morgan fingerprint density at radius 2 is 1.84 bits per heavy atom. The molecule has 0 amide bonds. The molecule has 0 aliphatic heterocycles. The predicted molar refractivity (Wildman–Crippen MR) is 91.5 cm³/mol. The van der Waals surface area contributed by atoms with Crippen LogP contribution in [0.4, 0.5) is 5.69 Å². The van der Waals surface area contributed by atoms with E-state index in [0.717, 1.165) is 11.1 Å². The molecule has 25 heavy (non-hydrogen) atoms. The lowest BCUT2D eigenvalue weighted by atomic mass is 10.2. The summed E-state index contributed by atoms with van der Waals surface area (Å²) in [6, 6.07) is 11.3. The average molecular weight is 343 g/mol.